The first-order valence-electron chi connectivity index (χ1n) is 5.42. The molecule has 1 saturated heterocycles. The molecule has 1 aromatic rings. The third kappa shape index (κ3) is 4.71. The maximum atomic E-state index is 10.4. The molecule has 0 saturated carbocycles. The van der Waals surface area contributed by atoms with E-state index in [0.29, 0.717) is 13.2 Å². The van der Waals surface area contributed by atoms with E-state index in [1.165, 1.54) is 12.1 Å². The molecule has 1 aliphatic heterocycles. The second-order valence-corrected chi connectivity index (χ2v) is 5.51. The van der Waals surface area contributed by atoms with Gasteiger partial charge in [0.15, 0.2) is 0 Å². The number of aliphatic hydroxyl groups is 1. The summed E-state index contributed by atoms with van der Waals surface area (Å²) in [6.07, 6.45) is -0.319. The van der Waals surface area contributed by atoms with E-state index in [-0.39, 0.29) is 17.0 Å². The molecule has 0 amide bonds. The molecule has 0 unspecified atom stereocenters. The van der Waals surface area contributed by atoms with E-state index in [2.05, 4.69) is 5.73 Å². The van der Waals surface area contributed by atoms with Gasteiger partial charge < -0.3 is 20.1 Å². The lowest BCUT2D eigenvalue weighted by Gasteiger charge is -2.05. The van der Waals surface area contributed by atoms with E-state index in [1.807, 2.05) is 6.92 Å². The molecule has 0 aliphatic carbocycles. The van der Waals surface area contributed by atoms with Crippen molar-refractivity contribution in [1.29, 1.82) is 0 Å². The number of ether oxygens (including phenoxy) is 1. The van der Waals surface area contributed by atoms with Crippen LogP contribution in [0, 0.1) is 6.92 Å². The van der Waals surface area contributed by atoms with Crippen molar-refractivity contribution in [3.63, 3.8) is 0 Å². The SMILES string of the molecule is Cc1ccc(S(=O)(=O)[O-])cc1.[NH3+][C@H]1COC[C@@H]1O. The van der Waals surface area contributed by atoms with Gasteiger partial charge in [-0.05, 0) is 19.1 Å². The van der Waals surface area contributed by atoms with Crippen LogP contribution in [-0.4, -0.2) is 43.4 Å². The highest BCUT2D eigenvalue weighted by molar-refractivity contribution is 7.85. The Morgan fingerprint density at radius 2 is 1.89 bits per heavy atom. The second kappa shape index (κ2) is 6.26. The lowest BCUT2D eigenvalue weighted by atomic mass is 10.2. The fraction of sp³-hybridized carbons (Fsp3) is 0.455. The summed E-state index contributed by atoms with van der Waals surface area (Å²) >= 11 is 0. The van der Waals surface area contributed by atoms with Crippen molar-refractivity contribution in [1.82, 2.24) is 0 Å². The largest absolute Gasteiger partial charge is 0.744 e. The number of hydrogen-bond donors (Lipinski definition) is 2. The van der Waals surface area contributed by atoms with Crippen molar-refractivity contribution in [3.8, 4) is 0 Å². The van der Waals surface area contributed by atoms with Crippen LogP contribution in [0.25, 0.3) is 0 Å². The summed E-state index contributed by atoms with van der Waals surface area (Å²) in [4.78, 5) is -0.178. The molecule has 1 aliphatic rings. The number of aryl methyl sites for hydroxylation is 1. The zero-order valence-corrected chi connectivity index (χ0v) is 10.9. The molecule has 6 nitrogen and oxygen atoms in total. The number of hydrogen-bond acceptors (Lipinski definition) is 5. The van der Waals surface area contributed by atoms with Gasteiger partial charge in [-0.2, -0.15) is 0 Å². The van der Waals surface area contributed by atoms with E-state index in [1.54, 1.807) is 12.1 Å². The van der Waals surface area contributed by atoms with Crippen LogP contribution in [0.15, 0.2) is 29.2 Å². The van der Waals surface area contributed by atoms with E-state index >= 15 is 0 Å². The monoisotopic (exact) mass is 275 g/mol. The van der Waals surface area contributed by atoms with Crippen LogP contribution in [0.4, 0.5) is 0 Å². The Kier molecular flexibility index (Phi) is 5.24. The molecular weight excluding hydrogens is 258 g/mol. The van der Waals surface area contributed by atoms with Gasteiger partial charge in [-0.15, -0.1) is 0 Å². The van der Waals surface area contributed by atoms with Gasteiger partial charge in [0.2, 0.25) is 0 Å². The summed E-state index contributed by atoms with van der Waals surface area (Å²) < 4.78 is 36.0. The van der Waals surface area contributed by atoms with Gasteiger partial charge in [-0.1, -0.05) is 17.7 Å². The minimum atomic E-state index is -4.27. The van der Waals surface area contributed by atoms with Crippen LogP contribution >= 0.6 is 0 Å². The summed E-state index contributed by atoms with van der Waals surface area (Å²) in [7, 11) is -4.27. The van der Waals surface area contributed by atoms with Crippen molar-refractivity contribution >= 4 is 10.1 Å². The minimum Gasteiger partial charge on any atom is -0.744 e. The topological polar surface area (TPSA) is 114 Å². The highest BCUT2D eigenvalue weighted by atomic mass is 32.2. The smallest absolute Gasteiger partial charge is 0.136 e. The maximum absolute atomic E-state index is 10.4. The normalized spacial score (nSPS) is 23.3. The molecule has 0 bridgehead atoms. The zero-order chi connectivity index (χ0) is 13.8. The van der Waals surface area contributed by atoms with E-state index < -0.39 is 10.1 Å². The van der Waals surface area contributed by atoms with Gasteiger partial charge >= 0.3 is 0 Å². The molecule has 0 radical (unpaired) electrons. The van der Waals surface area contributed by atoms with E-state index in [0.717, 1.165) is 5.56 Å². The highest BCUT2D eigenvalue weighted by Crippen LogP contribution is 2.08. The third-order valence-electron chi connectivity index (χ3n) is 2.47. The van der Waals surface area contributed by atoms with Gasteiger partial charge in [0.05, 0.1) is 11.5 Å². The van der Waals surface area contributed by atoms with Crippen LogP contribution in [-0.2, 0) is 14.9 Å². The Labute approximate surface area is 106 Å². The second-order valence-electron chi connectivity index (χ2n) is 4.13. The Bertz CT molecular complexity index is 463. The standard InChI is InChI=1S/C7H8O3S.C4H9NO2/c1-6-2-4-7(5-3-6)11(8,9)10;5-3-1-7-2-4(3)6/h2-5H,1H3,(H,8,9,10);3-4,6H,1-2,5H2/t;3-,4-/m.0/s1. The summed E-state index contributed by atoms with van der Waals surface area (Å²) in [5.41, 5.74) is 4.57. The predicted octanol–water partition coefficient (Wildman–Crippen LogP) is -1.11. The van der Waals surface area contributed by atoms with Crippen molar-refractivity contribution in [2.75, 3.05) is 13.2 Å². The van der Waals surface area contributed by atoms with Crippen LogP contribution < -0.4 is 5.73 Å². The van der Waals surface area contributed by atoms with E-state index in [9.17, 15) is 13.0 Å². The predicted molar refractivity (Wildman–Crippen MR) is 62.6 cm³/mol. The molecular formula is C11H17NO5S. The zero-order valence-electron chi connectivity index (χ0n) is 10.1. The molecule has 1 heterocycles. The van der Waals surface area contributed by atoms with Gasteiger partial charge in [0.25, 0.3) is 0 Å². The van der Waals surface area contributed by atoms with Crippen LogP contribution in [0.3, 0.4) is 0 Å². The first-order chi connectivity index (χ1) is 8.30. The Balaban J connectivity index is 0.000000199. The minimum absolute atomic E-state index is 0.0972. The molecule has 18 heavy (non-hydrogen) atoms. The molecule has 2 rings (SSSR count). The molecule has 2 atom stereocenters. The lowest BCUT2D eigenvalue weighted by molar-refractivity contribution is -0.429. The summed E-state index contributed by atoms with van der Waals surface area (Å²) in [5.74, 6) is 0. The van der Waals surface area contributed by atoms with Gasteiger partial charge in [0, 0.05) is 0 Å². The Hall–Kier alpha value is -0.990. The lowest BCUT2D eigenvalue weighted by Crippen LogP contribution is -2.66. The van der Waals surface area contributed by atoms with Crippen molar-refractivity contribution in [2.45, 2.75) is 24.0 Å². The fourth-order valence-electron chi connectivity index (χ4n) is 1.29. The quantitative estimate of drug-likeness (QED) is 0.630. The molecule has 1 aromatic carbocycles. The molecule has 7 heteroatoms. The Morgan fingerprint density at radius 1 is 1.33 bits per heavy atom. The van der Waals surface area contributed by atoms with Crippen molar-refractivity contribution in [3.05, 3.63) is 29.8 Å². The fourth-order valence-corrected chi connectivity index (χ4v) is 1.76. The number of benzene rings is 1. The molecule has 102 valence electrons. The highest BCUT2D eigenvalue weighted by Gasteiger charge is 2.24. The average Bonchev–Trinajstić information content (AvgIpc) is 2.63. The summed E-state index contributed by atoms with van der Waals surface area (Å²) in [6.45, 7) is 2.90. The number of aliphatic hydroxyl groups excluding tert-OH is 1. The van der Waals surface area contributed by atoms with Gasteiger partial charge in [-0.3, -0.25) is 0 Å². The number of rotatable bonds is 1. The van der Waals surface area contributed by atoms with Crippen molar-refractivity contribution < 1.29 is 28.5 Å². The summed E-state index contributed by atoms with van der Waals surface area (Å²) in [6, 6.07) is 5.88. The van der Waals surface area contributed by atoms with Crippen LogP contribution in [0.2, 0.25) is 0 Å². The third-order valence-corrected chi connectivity index (χ3v) is 3.32. The maximum Gasteiger partial charge on any atom is 0.136 e. The van der Waals surface area contributed by atoms with Crippen molar-refractivity contribution in [2.24, 2.45) is 0 Å². The van der Waals surface area contributed by atoms with Gasteiger partial charge in [0.1, 0.15) is 28.9 Å². The summed E-state index contributed by atoms with van der Waals surface area (Å²) in [5, 5.41) is 8.81. The average molecular weight is 275 g/mol. The van der Waals surface area contributed by atoms with Crippen LogP contribution in [0.5, 0.6) is 0 Å². The molecule has 1 fully saturated rings. The molecule has 4 N–H and O–H groups in total. The van der Waals surface area contributed by atoms with Gasteiger partial charge in [-0.25, -0.2) is 8.42 Å². The molecule has 0 spiro atoms. The first kappa shape index (κ1) is 15.1. The Morgan fingerprint density at radius 3 is 2.17 bits per heavy atom. The first-order valence-corrected chi connectivity index (χ1v) is 6.83. The molecule has 0 aromatic heterocycles. The number of quaternary nitrogens is 1. The van der Waals surface area contributed by atoms with Crippen LogP contribution in [0.1, 0.15) is 5.56 Å². The van der Waals surface area contributed by atoms with E-state index in [4.69, 9.17) is 9.84 Å².